The number of barbiturate groups is 1. The number of nitrogens with one attached hydrogen (secondary N) is 2. The van der Waals surface area contributed by atoms with Gasteiger partial charge in [-0.25, -0.2) is 4.79 Å². The van der Waals surface area contributed by atoms with Crippen molar-refractivity contribution in [1.29, 1.82) is 0 Å². The van der Waals surface area contributed by atoms with Crippen LogP contribution < -0.4 is 10.6 Å². The summed E-state index contributed by atoms with van der Waals surface area (Å²) in [6.45, 7) is 4.42. The Labute approximate surface area is 120 Å². The zero-order valence-corrected chi connectivity index (χ0v) is 12.5. The summed E-state index contributed by atoms with van der Waals surface area (Å²) < 4.78 is 0. The molecule has 0 radical (unpaired) electrons. The standard InChI is InChI=1S/C15H26N2O3/c1-3-4-5-6-8-11(2)9-7-10-12-13(18)16-15(20)17-14(12)19/h11-12H,3-10H2,1-2H3,(H2,16,17,18,19,20). The van der Waals surface area contributed by atoms with E-state index >= 15 is 0 Å². The Bertz CT molecular complexity index is 335. The van der Waals surface area contributed by atoms with Crippen molar-refractivity contribution in [1.82, 2.24) is 10.6 Å². The molecule has 1 unspecified atom stereocenters. The highest BCUT2D eigenvalue weighted by atomic mass is 16.2. The fraction of sp³-hybridized carbons (Fsp3) is 0.800. The molecule has 4 amide bonds. The predicted octanol–water partition coefficient (Wildman–Crippen LogP) is 2.75. The van der Waals surface area contributed by atoms with Gasteiger partial charge in [0.25, 0.3) is 0 Å². The molecule has 114 valence electrons. The third kappa shape index (κ3) is 5.72. The van der Waals surface area contributed by atoms with Crippen LogP contribution in [0, 0.1) is 11.8 Å². The number of imide groups is 2. The third-order valence-electron chi connectivity index (χ3n) is 3.85. The van der Waals surface area contributed by atoms with Gasteiger partial charge in [0.05, 0.1) is 0 Å². The smallest absolute Gasteiger partial charge is 0.277 e. The van der Waals surface area contributed by atoms with Crippen molar-refractivity contribution in [3.05, 3.63) is 0 Å². The van der Waals surface area contributed by atoms with Crippen molar-refractivity contribution in [2.45, 2.75) is 65.2 Å². The maximum Gasteiger partial charge on any atom is 0.328 e. The maximum atomic E-state index is 11.5. The Kier molecular flexibility index (Phi) is 7.26. The predicted molar refractivity (Wildman–Crippen MR) is 76.9 cm³/mol. The van der Waals surface area contributed by atoms with Crippen molar-refractivity contribution < 1.29 is 14.4 Å². The topological polar surface area (TPSA) is 75.3 Å². The summed E-state index contributed by atoms with van der Waals surface area (Å²) in [5.41, 5.74) is 0. The van der Waals surface area contributed by atoms with Gasteiger partial charge < -0.3 is 0 Å². The van der Waals surface area contributed by atoms with E-state index in [-0.39, 0.29) is 0 Å². The number of urea groups is 1. The molecule has 1 rings (SSSR count). The molecule has 5 heteroatoms. The van der Waals surface area contributed by atoms with Crippen LogP contribution in [-0.2, 0) is 9.59 Å². The van der Waals surface area contributed by atoms with Crippen molar-refractivity contribution in [2.24, 2.45) is 11.8 Å². The van der Waals surface area contributed by atoms with E-state index in [1.165, 1.54) is 32.1 Å². The van der Waals surface area contributed by atoms with E-state index in [4.69, 9.17) is 0 Å². The molecule has 1 saturated heterocycles. The summed E-state index contributed by atoms with van der Waals surface area (Å²) in [6.07, 6.45) is 8.68. The molecule has 1 heterocycles. The third-order valence-corrected chi connectivity index (χ3v) is 3.85. The fourth-order valence-corrected chi connectivity index (χ4v) is 2.54. The highest BCUT2D eigenvalue weighted by molar-refractivity contribution is 6.16. The second-order valence-electron chi connectivity index (χ2n) is 5.75. The average molecular weight is 282 g/mol. The number of hydrogen-bond donors (Lipinski definition) is 2. The van der Waals surface area contributed by atoms with Crippen LogP contribution in [0.25, 0.3) is 0 Å². The largest absolute Gasteiger partial charge is 0.328 e. The summed E-state index contributed by atoms with van der Waals surface area (Å²) in [5.74, 6) is -1.01. The van der Waals surface area contributed by atoms with Gasteiger partial charge in [0, 0.05) is 0 Å². The van der Waals surface area contributed by atoms with Gasteiger partial charge in [-0.15, -0.1) is 0 Å². The van der Waals surface area contributed by atoms with Gasteiger partial charge in [0.15, 0.2) is 0 Å². The zero-order chi connectivity index (χ0) is 15.0. The molecule has 0 bridgehead atoms. The van der Waals surface area contributed by atoms with Crippen LogP contribution in [0.2, 0.25) is 0 Å². The summed E-state index contributed by atoms with van der Waals surface area (Å²) in [6, 6.07) is -0.708. The fourth-order valence-electron chi connectivity index (χ4n) is 2.54. The number of carbonyl (C=O) groups is 3. The highest BCUT2D eigenvalue weighted by Crippen LogP contribution is 2.19. The van der Waals surface area contributed by atoms with Crippen LogP contribution in [0.3, 0.4) is 0 Å². The molecule has 5 nitrogen and oxygen atoms in total. The minimum absolute atomic E-state index is 0.464. The molecule has 2 N–H and O–H groups in total. The Morgan fingerprint density at radius 1 is 0.950 bits per heavy atom. The van der Waals surface area contributed by atoms with Gasteiger partial charge >= 0.3 is 6.03 Å². The van der Waals surface area contributed by atoms with Crippen LogP contribution in [0.5, 0.6) is 0 Å². The monoisotopic (exact) mass is 282 g/mol. The summed E-state index contributed by atoms with van der Waals surface area (Å²) in [5, 5.41) is 4.27. The lowest BCUT2D eigenvalue weighted by atomic mass is 9.92. The van der Waals surface area contributed by atoms with Gasteiger partial charge in [-0.05, 0) is 12.3 Å². The molecule has 0 aromatic rings. The quantitative estimate of drug-likeness (QED) is 0.504. The summed E-state index contributed by atoms with van der Waals surface area (Å²) in [7, 11) is 0. The lowest BCUT2D eigenvalue weighted by molar-refractivity contribution is -0.136. The molecular weight excluding hydrogens is 256 g/mol. The first kappa shape index (κ1) is 16.7. The van der Waals surface area contributed by atoms with Gasteiger partial charge in [0.1, 0.15) is 5.92 Å². The summed E-state index contributed by atoms with van der Waals surface area (Å²) >= 11 is 0. The molecular formula is C15H26N2O3. The molecule has 0 aromatic carbocycles. The Balaban J connectivity index is 2.18. The minimum atomic E-state index is -0.708. The van der Waals surface area contributed by atoms with E-state index < -0.39 is 23.8 Å². The van der Waals surface area contributed by atoms with Crippen LogP contribution in [0.15, 0.2) is 0 Å². The highest BCUT2D eigenvalue weighted by Gasteiger charge is 2.33. The van der Waals surface area contributed by atoms with Crippen molar-refractivity contribution in [3.8, 4) is 0 Å². The molecule has 0 saturated carbocycles. The molecule has 0 spiro atoms. The van der Waals surface area contributed by atoms with Gasteiger partial charge in [-0.2, -0.15) is 0 Å². The number of hydrogen-bond acceptors (Lipinski definition) is 3. The Morgan fingerprint density at radius 2 is 1.55 bits per heavy atom. The second kappa shape index (κ2) is 8.72. The molecule has 0 aliphatic carbocycles. The lowest BCUT2D eigenvalue weighted by Gasteiger charge is -2.21. The molecule has 1 atom stereocenters. The molecule has 0 aromatic heterocycles. The SMILES string of the molecule is CCCCCCC(C)CCCC1C(=O)NC(=O)NC1=O. The normalized spacial score (nSPS) is 17.8. The van der Waals surface area contributed by atoms with Gasteiger partial charge in [-0.1, -0.05) is 58.8 Å². The van der Waals surface area contributed by atoms with E-state index in [0.717, 1.165) is 12.8 Å². The number of amides is 4. The molecule has 1 aliphatic rings. The minimum Gasteiger partial charge on any atom is -0.277 e. The average Bonchev–Trinajstić information content (AvgIpc) is 2.37. The van der Waals surface area contributed by atoms with Crippen molar-refractivity contribution in [3.63, 3.8) is 0 Å². The van der Waals surface area contributed by atoms with Gasteiger partial charge in [0.2, 0.25) is 11.8 Å². The first-order valence-corrected chi connectivity index (χ1v) is 7.70. The Morgan fingerprint density at radius 3 is 2.15 bits per heavy atom. The number of rotatable bonds is 9. The Hall–Kier alpha value is -1.39. The lowest BCUT2D eigenvalue weighted by Crippen LogP contribution is -2.55. The molecule has 1 aliphatic heterocycles. The van der Waals surface area contributed by atoms with Crippen LogP contribution in [0.1, 0.15) is 65.2 Å². The summed E-state index contributed by atoms with van der Waals surface area (Å²) in [4.78, 5) is 34.0. The number of carbonyl (C=O) groups excluding carboxylic acids is 3. The van der Waals surface area contributed by atoms with Crippen LogP contribution in [0.4, 0.5) is 4.79 Å². The maximum absolute atomic E-state index is 11.5. The van der Waals surface area contributed by atoms with Crippen LogP contribution in [-0.4, -0.2) is 17.8 Å². The van der Waals surface area contributed by atoms with E-state index in [1.807, 2.05) is 0 Å². The van der Waals surface area contributed by atoms with Gasteiger partial charge in [-0.3, -0.25) is 20.2 Å². The van der Waals surface area contributed by atoms with Crippen molar-refractivity contribution in [2.75, 3.05) is 0 Å². The van der Waals surface area contributed by atoms with Crippen LogP contribution >= 0.6 is 0 Å². The van der Waals surface area contributed by atoms with E-state index in [1.54, 1.807) is 0 Å². The zero-order valence-electron chi connectivity index (χ0n) is 12.5. The van der Waals surface area contributed by atoms with E-state index in [0.29, 0.717) is 12.3 Å². The first-order chi connectivity index (χ1) is 9.54. The molecule has 1 fully saturated rings. The first-order valence-electron chi connectivity index (χ1n) is 7.70. The van der Waals surface area contributed by atoms with Crippen molar-refractivity contribution >= 4 is 17.8 Å². The number of unbranched alkanes of at least 4 members (excludes halogenated alkanes) is 3. The van der Waals surface area contributed by atoms with E-state index in [9.17, 15) is 14.4 Å². The van der Waals surface area contributed by atoms with E-state index in [2.05, 4.69) is 24.5 Å². The second-order valence-corrected chi connectivity index (χ2v) is 5.75. The molecule has 20 heavy (non-hydrogen) atoms.